The molecule has 0 N–H and O–H groups in total. The van der Waals surface area contributed by atoms with Crippen molar-refractivity contribution in [3.8, 4) is 0 Å². The van der Waals surface area contributed by atoms with Gasteiger partial charge < -0.3 is 0 Å². The van der Waals surface area contributed by atoms with Crippen LogP contribution in [-0.4, -0.2) is 0 Å². The lowest BCUT2D eigenvalue weighted by Crippen LogP contribution is -1.89. The van der Waals surface area contributed by atoms with Crippen molar-refractivity contribution in [1.82, 2.24) is 0 Å². The maximum Gasteiger partial charge on any atom is 0.0939 e. The molecule has 15 heavy (non-hydrogen) atoms. The highest BCUT2D eigenvalue weighted by atomic mass is 79.9. The van der Waals surface area contributed by atoms with Crippen LogP contribution in [-0.2, 0) is 0 Å². The average Bonchev–Trinajstić information content (AvgIpc) is 2.58. The molecule has 0 saturated heterocycles. The van der Waals surface area contributed by atoms with Gasteiger partial charge in [-0.2, -0.15) is 0 Å². The van der Waals surface area contributed by atoms with Crippen LogP contribution < -0.4 is 0 Å². The van der Waals surface area contributed by atoms with E-state index in [1.54, 1.807) is 11.3 Å². The van der Waals surface area contributed by atoms with Crippen molar-refractivity contribution in [2.45, 2.75) is 12.3 Å². The third-order valence-electron chi connectivity index (χ3n) is 2.16. The number of benzene rings is 1. The van der Waals surface area contributed by atoms with Gasteiger partial charge in [-0.3, -0.25) is 0 Å². The van der Waals surface area contributed by atoms with Gasteiger partial charge >= 0.3 is 0 Å². The van der Waals surface area contributed by atoms with Crippen LogP contribution in [0.3, 0.4) is 0 Å². The maximum atomic E-state index is 6.43. The minimum atomic E-state index is -0.0562. The van der Waals surface area contributed by atoms with E-state index >= 15 is 0 Å². The molecule has 0 saturated carbocycles. The second kappa shape index (κ2) is 4.69. The standard InChI is InChI=1S/C12H10BrClS/c1-8-7-10(13)12(15-8)11(14)9-5-3-2-4-6-9/h2-7,11H,1H3. The van der Waals surface area contributed by atoms with Crippen molar-refractivity contribution in [2.75, 3.05) is 0 Å². The number of hydrogen-bond donors (Lipinski definition) is 0. The first kappa shape index (κ1) is 11.2. The van der Waals surface area contributed by atoms with Crippen LogP contribution >= 0.6 is 38.9 Å². The second-order valence-corrected chi connectivity index (χ2v) is 5.92. The van der Waals surface area contributed by atoms with Crippen molar-refractivity contribution in [3.63, 3.8) is 0 Å². The van der Waals surface area contributed by atoms with Gasteiger partial charge in [-0.05, 0) is 34.5 Å². The van der Waals surface area contributed by atoms with Gasteiger partial charge in [0.15, 0.2) is 0 Å². The van der Waals surface area contributed by atoms with Crippen LogP contribution in [0.5, 0.6) is 0 Å². The summed E-state index contributed by atoms with van der Waals surface area (Å²) in [7, 11) is 0. The molecule has 2 aromatic rings. The van der Waals surface area contributed by atoms with Gasteiger partial charge in [0.2, 0.25) is 0 Å². The summed E-state index contributed by atoms with van der Waals surface area (Å²) >= 11 is 11.7. The van der Waals surface area contributed by atoms with Gasteiger partial charge in [-0.1, -0.05) is 30.3 Å². The number of aryl methyl sites for hydroxylation is 1. The molecule has 0 aliphatic carbocycles. The molecule has 0 aliphatic heterocycles. The summed E-state index contributed by atoms with van der Waals surface area (Å²) in [6.45, 7) is 2.09. The topological polar surface area (TPSA) is 0 Å². The van der Waals surface area contributed by atoms with Crippen molar-refractivity contribution < 1.29 is 0 Å². The SMILES string of the molecule is Cc1cc(Br)c(C(Cl)c2ccccc2)s1. The van der Waals surface area contributed by atoms with Crippen molar-refractivity contribution in [1.29, 1.82) is 0 Å². The van der Waals surface area contributed by atoms with E-state index in [-0.39, 0.29) is 5.38 Å². The Balaban J connectivity index is 2.36. The number of halogens is 2. The molecule has 2 rings (SSSR count). The third kappa shape index (κ3) is 2.44. The Labute approximate surface area is 107 Å². The first-order valence-electron chi connectivity index (χ1n) is 4.63. The van der Waals surface area contributed by atoms with E-state index in [4.69, 9.17) is 11.6 Å². The van der Waals surface area contributed by atoms with Gasteiger partial charge in [0, 0.05) is 14.2 Å². The number of alkyl halides is 1. The highest BCUT2D eigenvalue weighted by Gasteiger charge is 2.15. The lowest BCUT2D eigenvalue weighted by molar-refractivity contribution is 1.17. The summed E-state index contributed by atoms with van der Waals surface area (Å²) in [6.07, 6.45) is 0. The fourth-order valence-corrected chi connectivity index (χ4v) is 3.86. The highest BCUT2D eigenvalue weighted by Crippen LogP contribution is 2.39. The Bertz CT molecular complexity index is 450. The zero-order chi connectivity index (χ0) is 10.8. The fraction of sp³-hybridized carbons (Fsp3) is 0.167. The summed E-state index contributed by atoms with van der Waals surface area (Å²) in [5.41, 5.74) is 1.14. The van der Waals surface area contributed by atoms with E-state index in [9.17, 15) is 0 Å². The van der Waals surface area contributed by atoms with E-state index < -0.39 is 0 Å². The van der Waals surface area contributed by atoms with Crippen molar-refractivity contribution in [2.24, 2.45) is 0 Å². The zero-order valence-corrected chi connectivity index (χ0v) is 11.4. The Morgan fingerprint density at radius 2 is 1.93 bits per heavy atom. The number of hydrogen-bond acceptors (Lipinski definition) is 1. The molecule has 0 spiro atoms. The van der Waals surface area contributed by atoms with Crippen LogP contribution in [0.15, 0.2) is 40.9 Å². The number of thiophene rings is 1. The minimum Gasteiger partial charge on any atom is -0.143 e. The Morgan fingerprint density at radius 1 is 1.27 bits per heavy atom. The monoisotopic (exact) mass is 300 g/mol. The molecule has 0 bridgehead atoms. The summed E-state index contributed by atoms with van der Waals surface area (Å²) in [5.74, 6) is 0. The largest absolute Gasteiger partial charge is 0.143 e. The van der Waals surface area contributed by atoms with Crippen LogP contribution in [0.25, 0.3) is 0 Å². The van der Waals surface area contributed by atoms with E-state index in [2.05, 4.69) is 41.1 Å². The van der Waals surface area contributed by atoms with E-state index in [1.165, 1.54) is 9.75 Å². The quantitative estimate of drug-likeness (QED) is 0.673. The molecule has 0 nitrogen and oxygen atoms in total. The lowest BCUT2D eigenvalue weighted by atomic mass is 10.1. The molecule has 0 aliphatic rings. The molecule has 0 radical (unpaired) electrons. The highest BCUT2D eigenvalue weighted by molar-refractivity contribution is 9.10. The number of rotatable bonds is 2. The van der Waals surface area contributed by atoms with Crippen LogP contribution in [0, 0.1) is 6.92 Å². The molecule has 0 fully saturated rings. The van der Waals surface area contributed by atoms with E-state index in [1.807, 2.05) is 18.2 Å². The summed E-state index contributed by atoms with van der Waals surface area (Å²) in [5, 5.41) is -0.0562. The fourth-order valence-electron chi connectivity index (χ4n) is 1.45. The van der Waals surface area contributed by atoms with Gasteiger partial charge in [-0.25, -0.2) is 0 Å². The zero-order valence-electron chi connectivity index (χ0n) is 8.21. The summed E-state index contributed by atoms with van der Waals surface area (Å²) in [6, 6.07) is 12.2. The molecule has 78 valence electrons. The Morgan fingerprint density at radius 3 is 2.47 bits per heavy atom. The second-order valence-electron chi connectivity index (χ2n) is 3.34. The normalized spacial score (nSPS) is 12.7. The van der Waals surface area contributed by atoms with Crippen LogP contribution in [0.1, 0.15) is 20.7 Å². The molecule has 3 heteroatoms. The Kier molecular flexibility index (Phi) is 3.49. The minimum absolute atomic E-state index is 0.0562. The molecule has 1 atom stereocenters. The molecule has 1 aromatic heterocycles. The first-order valence-corrected chi connectivity index (χ1v) is 6.68. The molecule has 1 heterocycles. The molecule has 0 amide bonds. The summed E-state index contributed by atoms with van der Waals surface area (Å²) < 4.78 is 1.11. The molecule has 1 aromatic carbocycles. The van der Waals surface area contributed by atoms with Crippen LogP contribution in [0.2, 0.25) is 0 Å². The van der Waals surface area contributed by atoms with Crippen molar-refractivity contribution in [3.05, 3.63) is 56.2 Å². The predicted molar refractivity (Wildman–Crippen MR) is 70.9 cm³/mol. The maximum absolute atomic E-state index is 6.43. The predicted octanol–water partition coefficient (Wildman–Crippen LogP) is 5.15. The van der Waals surface area contributed by atoms with Gasteiger partial charge in [0.1, 0.15) is 0 Å². The molecule has 1 unspecified atom stereocenters. The van der Waals surface area contributed by atoms with E-state index in [0.717, 1.165) is 10.0 Å². The van der Waals surface area contributed by atoms with Crippen molar-refractivity contribution >= 4 is 38.9 Å². The van der Waals surface area contributed by atoms with Crippen LogP contribution in [0.4, 0.5) is 0 Å². The Hall–Kier alpha value is -0.310. The first-order chi connectivity index (χ1) is 7.18. The molecular formula is C12H10BrClS. The van der Waals surface area contributed by atoms with E-state index in [0.29, 0.717) is 0 Å². The molecular weight excluding hydrogens is 292 g/mol. The smallest absolute Gasteiger partial charge is 0.0939 e. The third-order valence-corrected chi connectivity index (χ3v) is 4.79. The summed E-state index contributed by atoms with van der Waals surface area (Å²) in [4.78, 5) is 2.46. The lowest BCUT2D eigenvalue weighted by Gasteiger charge is -2.07. The average molecular weight is 302 g/mol. The van der Waals surface area contributed by atoms with Gasteiger partial charge in [0.25, 0.3) is 0 Å². The van der Waals surface area contributed by atoms with Gasteiger partial charge in [0.05, 0.1) is 5.38 Å². The van der Waals surface area contributed by atoms with Gasteiger partial charge in [-0.15, -0.1) is 22.9 Å².